The smallest absolute Gasteiger partial charge is 0.0720 e. The van der Waals surface area contributed by atoms with E-state index in [2.05, 4.69) is 32.9 Å². The van der Waals surface area contributed by atoms with Crippen molar-refractivity contribution in [2.45, 2.75) is 47.3 Å². The zero-order valence-electron chi connectivity index (χ0n) is 10.7. The van der Waals surface area contributed by atoms with Gasteiger partial charge in [-0.2, -0.15) is 0 Å². The second kappa shape index (κ2) is 8.49. The summed E-state index contributed by atoms with van der Waals surface area (Å²) in [6.07, 6.45) is 0.334. The first kappa shape index (κ1) is 14.2. The third kappa shape index (κ3) is 6.29. The highest BCUT2D eigenvalue weighted by Crippen LogP contribution is 2.09. The maximum absolute atomic E-state index is 5.69. The monoisotopic (exact) mass is 208 g/mol. The van der Waals surface area contributed by atoms with Gasteiger partial charge in [-0.05, 0) is 18.4 Å². The van der Waals surface area contributed by atoms with Gasteiger partial charge in [0.15, 0.2) is 0 Å². The summed E-state index contributed by atoms with van der Waals surface area (Å²) in [5.74, 6) is 0.587. The molecule has 1 aromatic rings. The van der Waals surface area contributed by atoms with Crippen LogP contribution in [0.3, 0.4) is 0 Å². The Kier molecular flexibility index (Phi) is 8.02. The van der Waals surface area contributed by atoms with Gasteiger partial charge < -0.3 is 4.74 Å². The average molecular weight is 208 g/mol. The molecule has 1 heteroatoms. The van der Waals surface area contributed by atoms with Crippen LogP contribution in [-0.4, -0.2) is 6.10 Å². The molecule has 1 nitrogen and oxygen atoms in total. The Bertz CT molecular complexity index is 228. The molecular weight excluding hydrogens is 184 g/mol. The van der Waals surface area contributed by atoms with Gasteiger partial charge in [-0.1, -0.05) is 58.0 Å². The molecule has 0 aromatic heterocycles. The minimum Gasteiger partial charge on any atom is -0.374 e. The van der Waals surface area contributed by atoms with Crippen LogP contribution in [0.4, 0.5) is 0 Å². The van der Waals surface area contributed by atoms with Crippen LogP contribution in [0.15, 0.2) is 30.3 Å². The zero-order valence-corrected chi connectivity index (χ0v) is 10.7. The first-order valence-corrected chi connectivity index (χ1v) is 5.85. The number of rotatable bonds is 4. The predicted molar refractivity (Wildman–Crippen MR) is 66.9 cm³/mol. The Morgan fingerprint density at radius 1 is 1.00 bits per heavy atom. The lowest BCUT2D eigenvalue weighted by atomic mass is 10.1. The lowest BCUT2D eigenvalue weighted by molar-refractivity contribution is 0.0235. The lowest BCUT2D eigenvalue weighted by Gasteiger charge is -2.16. The lowest BCUT2D eigenvalue weighted by Crippen LogP contribution is -2.14. The van der Waals surface area contributed by atoms with Crippen LogP contribution in [-0.2, 0) is 11.3 Å². The van der Waals surface area contributed by atoms with Gasteiger partial charge in [0.25, 0.3) is 0 Å². The molecule has 0 spiro atoms. The van der Waals surface area contributed by atoms with Gasteiger partial charge in [0.05, 0.1) is 12.7 Å². The quantitative estimate of drug-likeness (QED) is 0.718. The molecule has 0 aliphatic rings. The Labute approximate surface area is 94.5 Å². The molecule has 0 saturated heterocycles. The van der Waals surface area contributed by atoms with Crippen LogP contribution in [0.25, 0.3) is 0 Å². The Morgan fingerprint density at radius 2 is 1.53 bits per heavy atom. The van der Waals surface area contributed by atoms with E-state index < -0.39 is 0 Å². The van der Waals surface area contributed by atoms with Crippen molar-refractivity contribution in [1.82, 2.24) is 0 Å². The fraction of sp³-hybridized carbons (Fsp3) is 0.571. The summed E-state index contributed by atoms with van der Waals surface area (Å²) < 4.78 is 5.69. The standard InChI is InChI=1S/C12H18O.C2H6/c1-10(2)11(3)13-9-12-7-5-4-6-8-12;1-2/h4-8,10-11H,9H2,1-3H3;1-2H3. The third-order valence-corrected chi connectivity index (χ3v) is 2.29. The van der Waals surface area contributed by atoms with Crippen molar-refractivity contribution in [3.63, 3.8) is 0 Å². The molecule has 0 heterocycles. The molecule has 1 rings (SSSR count). The van der Waals surface area contributed by atoms with Gasteiger partial charge in [-0.15, -0.1) is 0 Å². The number of ether oxygens (including phenoxy) is 1. The molecule has 1 aromatic carbocycles. The fourth-order valence-corrected chi connectivity index (χ4v) is 0.994. The summed E-state index contributed by atoms with van der Waals surface area (Å²) in [5, 5.41) is 0. The van der Waals surface area contributed by atoms with Crippen molar-refractivity contribution in [3.8, 4) is 0 Å². The zero-order chi connectivity index (χ0) is 11.7. The second-order valence-electron chi connectivity index (χ2n) is 3.75. The van der Waals surface area contributed by atoms with E-state index in [9.17, 15) is 0 Å². The van der Waals surface area contributed by atoms with E-state index in [0.29, 0.717) is 12.0 Å². The fourth-order valence-electron chi connectivity index (χ4n) is 0.994. The molecule has 0 fully saturated rings. The molecule has 15 heavy (non-hydrogen) atoms. The molecule has 86 valence electrons. The molecule has 1 atom stereocenters. The minimum absolute atomic E-state index is 0.334. The van der Waals surface area contributed by atoms with E-state index in [0.717, 1.165) is 6.61 Å². The van der Waals surface area contributed by atoms with E-state index in [4.69, 9.17) is 4.74 Å². The highest BCUT2D eigenvalue weighted by atomic mass is 16.5. The summed E-state index contributed by atoms with van der Waals surface area (Å²) in [6.45, 7) is 11.2. The Hall–Kier alpha value is -0.820. The molecular formula is C14H24O. The van der Waals surface area contributed by atoms with Crippen molar-refractivity contribution in [2.75, 3.05) is 0 Å². The predicted octanol–water partition coefficient (Wildman–Crippen LogP) is 4.27. The van der Waals surface area contributed by atoms with Crippen molar-refractivity contribution in [1.29, 1.82) is 0 Å². The van der Waals surface area contributed by atoms with Crippen LogP contribution in [0.1, 0.15) is 40.2 Å². The Morgan fingerprint density at radius 3 is 2.00 bits per heavy atom. The van der Waals surface area contributed by atoms with Crippen molar-refractivity contribution in [2.24, 2.45) is 5.92 Å². The average Bonchev–Trinajstić information content (AvgIpc) is 2.30. The van der Waals surface area contributed by atoms with Gasteiger partial charge in [0.1, 0.15) is 0 Å². The summed E-state index contributed by atoms with van der Waals surface area (Å²) in [5.41, 5.74) is 1.25. The first-order chi connectivity index (χ1) is 7.20. The van der Waals surface area contributed by atoms with Crippen LogP contribution < -0.4 is 0 Å². The minimum atomic E-state index is 0.334. The van der Waals surface area contributed by atoms with Crippen molar-refractivity contribution >= 4 is 0 Å². The van der Waals surface area contributed by atoms with E-state index in [-0.39, 0.29) is 0 Å². The second-order valence-corrected chi connectivity index (χ2v) is 3.75. The maximum Gasteiger partial charge on any atom is 0.0720 e. The molecule has 0 aliphatic carbocycles. The largest absolute Gasteiger partial charge is 0.374 e. The molecule has 0 amide bonds. The van der Waals surface area contributed by atoms with E-state index in [1.165, 1.54) is 5.56 Å². The van der Waals surface area contributed by atoms with Gasteiger partial charge in [-0.25, -0.2) is 0 Å². The highest BCUT2D eigenvalue weighted by Gasteiger charge is 2.06. The third-order valence-electron chi connectivity index (χ3n) is 2.29. The Balaban J connectivity index is 0.000000921. The summed E-state index contributed by atoms with van der Waals surface area (Å²) in [6, 6.07) is 10.3. The van der Waals surface area contributed by atoms with E-state index in [1.807, 2.05) is 32.0 Å². The van der Waals surface area contributed by atoms with Gasteiger partial charge in [0, 0.05) is 0 Å². The highest BCUT2D eigenvalue weighted by molar-refractivity contribution is 5.13. The molecule has 0 bridgehead atoms. The van der Waals surface area contributed by atoms with E-state index >= 15 is 0 Å². The number of hydrogen-bond acceptors (Lipinski definition) is 1. The summed E-state index contributed by atoms with van der Waals surface area (Å²) in [4.78, 5) is 0. The normalized spacial score (nSPS) is 11.9. The topological polar surface area (TPSA) is 9.23 Å². The number of benzene rings is 1. The molecule has 0 aliphatic heterocycles. The summed E-state index contributed by atoms with van der Waals surface area (Å²) >= 11 is 0. The molecule has 0 saturated carbocycles. The van der Waals surface area contributed by atoms with Crippen LogP contribution in [0, 0.1) is 5.92 Å². The number of hydrogen-bond donors (Lipinski definition) is 0. The SMILES string of the molecule is CC.CC(C)C(C)OCc1ccccc1. The van der Waals surface area contributed by atoms with Gasteiger partial charge >= 0.3 is 0 Å². The molecule has 0 N–H and O–H groups in total. The van der Waals surface area contributed by atoms with E-state index in [1.54, 1.807) is 0 Å². The first-order valence-electron chi connectivity index (χ1n) is 5.85. The van der Waals surface area contributed by atoms with Gasteiger partial charge in [0.2, 0.25) is 0 Å². The maximum atomic E-state index is 5.69. The summed E-state index contributed by atoms with van der Waals surface area (Å²) in [7, 11) is 0. The van der Waals surface area contributed by atoms with Crippen LogP contribution >= 0.6 is 0 Å². The molecule has 1 unspecified atom stereocenters. The van der Waals surface area contributed by atoms with Crippen LogP contribution in [0.2, 0.25) is 0 Å². The molecule has 0 radical (unpaired) electrons. The van der Waals surface area contributed by atoms with Crippen molar-refractivity contribution in [3.05, 3.63) is 35.9 Å². The van der Waals surface area contributed by atoms with Crippen LogP contribution in [0.5, 0.6) is 0 Å². The van der Waals surface area contributed by atoms with Crippen molar-refractivity contribution < 1.29 is 4.74 Å². The van der Waals surface area contributed by atoms with Gasteiger partial charge in [-0.3, -0.25) is 0 Å².